The number of carbonyl (C=O) groups is 2. The van der Waals surface area contributed by atoms with Crippen molar-refractivity contribution < 1.29 is 19.1 Å². The number of benzene rings is 1. The van der Waals surface area contributed by atoms with E-state index in [9.17, 15) is 9.59 Å². The highest BCUT2D eigenvalue weighted by Gasteiger charge is 2.18. The highest BCUT2D eigenvalue weighted by atomic mass is 32.1. The Hall–Kier alpha value is -2.54. The van der Waals surface area contributed by atoms with Crippen molar-refractivity contribution in [1.82, 2.24) is 10.2 Å². The number of ether oxygens (including phenoxy) is 2. The van der Waals surface area contributed by atoms with Gasteiger partial charge in [0.05, 0.1) is 13.2 Å². The first-order valence-corrected chi connectivity index (χ1v) is 10.9. The zero-order valence-electron chi connectivity index (χ0n) is 17.0. The van der Waals surface area contributed by atoms with Crippen LogP contribution in [0.15, 0.2) is 30.3 Å². The van der Waals surface area contributed by atoms with Crippen molar-refractivity contribution in [2.75, 3.05) is 26.3 Å². The van der Waals surface area contributed by atoms with Crippen molar-refractivity contribution in [3.05, 3.63) is 45.6 Å². The lowest BCUT2D eigenvalue weighted by atomic mass is 10.1. The molecule has 6 nitrogen and oxygen atoms in total. The minimum absolute atomic E-state index is 0.0137. The second-order valence-electron chi connectivity index (χ2n) is 7.02. The van der Waals surface area contributed by atoms with Gasteiger partial charge in [0.1, 0.15) is 0 Å². The molecule has 2 aromatic rings. The van der Waals surface area contributed by atoms with E-state index < -0.39 is 0 Å². The number of piperidine rings is 1. The molecule has 0 bridgehead atoms. The number of likely N-dealkylation sites (tertiary alicyclic amines) is 1. The molecule has 156 valence electrons. The van der Waals surface area contributed by atoms with Crippen molar-refractivity contribution in [3.8, 4) is 11.5 Å². The lowest BCUT2D eigenvalue weighted by Gasteiger charge is -2.26. The summed E-state index contributed by atoms with van der Waals surface area (Å²) in [5.41, 5.74) is 0.497. The van der Waals surface area contributed by atoms with E-state index in [-0.39, 0.29) is 18.4 Å². The maximum atomic E-state index is 12.5. The van der Waals surface area contributed by atoms with Crippen LogP contribution in [0.4, 0.5) is 0 Å². The molecule has 1 saturated heterocycles. The highest BCUT2D eigenvalue weighted by Crippen LogP contribution is 2.29. The highest BCUT2D eigenvalue weighted by molar-refractivity contribution is 7.11. The van der Waals surface area contributed by atoms with Gasteiger partial charge in [-0.25, -0.2) is 0 Å². The van der Waals surface area contributed by atoms with E-state index in [0.717, 1.165) is 30.8 Å². The Morgan fingerprint density at radius 2 is 1.86 bits per heavy atom. The molecule has 1 N–H and O–H groups in total. The number of hydrogen-bond acceptors (Lipinski definition) is 5. The second kappa shape index (κ2) is 10.3. The van der Waals surface area contributed by atoms with E-state index in [1.54, 1.807) is 29.5 Å². The van der Waals surface area contributed by atoms with E-state index in [1.807, 2.05) is 30.9 Å². The Balaban J connectivity index is 1.61. The molecule has 0 spiro atoms. The van der Waals surface area contributed by atoms with Gasteiger partial charge in [-0.15, -0.1) is 11.3 Å². The summed E-state index contributed by atoms with van der Waals surface area (Å²) in [6, 6.07) is 9.11. The van der Waals surface area contributed by atoms with Gasteiger partial charge < -0.3 is 19.7 Å². The largest absolute Gasteiger partial charge is 0.490 e. The fraction of sp³-hybridized carbons (Fsp3) is 0.455. The number of rotatable bonds is 8. The third kappa shape index (κ3) is 5.97. The summed E-state index contributed by atoms with van der Waals surface area (Å²) in [6.07, 6.45) is 3.27. The minimum Gasteiger partial charge on any atom is -0.490 e. The van der Waals surface area contributed by atoms with Gasteiger partial charge in [0, 0.05) is 28.4 Å². The van der Waals surface area contributed by atoms with Gasteiger partial charge in [-0.3, -0.25) is 9.59 Å². The lowest BCUT2D eigenvalue weighted by Crippen LogP contribution is -2.38. The van der Waals surface area contributed by atoms with E-state index in [1.165, 1.54) is 11.3 Å². The third-order valence-electron chi connectivity index (χ3n) is 4.78. The maximum absolute atomic E-state index is 12.5. The van der Waals surface area contributed by atoms with Crippen LogP contribution in [0.3, 0.4) is 0 Å². The molecule has 0 atom stereocenters. The molecule has 1 fully saturated rings. The van der Waals surface area contributed by atoms with Crippen molar-refractivity contribution >= 4 is 23.2 Å². The number of amides is 2. The lowest BCUT2D eigenvalue weighted by molar-refractivity contribution is -0.134. The van der Waals surface area contributed by atoms with Crippen LogP contribution in [-0.4, -0.2) is 43.0 Å². The summed E-state index contributed by atoms with van der Waals surface area (Å²) in [7, 11) is 0. The van der Waals surface area contributed by atoms with Crippen LogP contribution in [-0.2, 0) is 11.3 Å². The van der Waals surface area contributed by atoms with Gasteiger partial charge >= 0.3 is 0 Å². The van der Waals surface area contributed by atoms with Crippen molar-refractivity contribution in [3.63, 3.8) is 0 Å². The fourth-order valence-electron chi connectivity index (χ4n) is 3.26. The fourth-order valence-corrected chi connectivity index (χ4v) is 4.09. The topological polar surface area (TPSA) is 67.9 Å². The second-order valence-corrected chi connectivity index (χ2v) is 8.39. The normalized spacial score (nSPS) is 13.8. The van der Waals surface area contributed by atoms with Gasteiger partial charge in [0.25, 0.3) is 11.8 Å². The Morgan fingerprint density at radius 1 is 1.07 bits per heavy atom. The Bertz CT molecular complexity index is 843. The number of nitrogens with one attached hydrogen (secondary N) is 1. The van der Waals surface area contributed by atoms with E-state index >= 15 is 0 Å². The molecule has 2 heterocycles. The van der Waals surface area contributed by atoms with Gasteiger partial charge in [-0.05, 0) is 63.4 Å². The first kappa shape index (κ1) is 21.2. The molecule has 1 aliphatic heterocycles. The van der Waals surface area contributed by atoms with Crippen molar-refractivity contribution in [2.24, 2.45) is 0 Å². The average molecular weight is 417 g/mol. The molecule has 1 aliphatic rings. The average Bonchev–Trinajstić information content (AvgIpc) is 3.16. The number of hydrogen-bond donors (Lipinski definition) is 1. The van der Waals surface area contributed by atoms with Crippen LogP contribution in [0.5, 0.6) is 11.5 Å². The quantitative estimate of drug-likeness (QED) is 0.711. The first-order chi connectivity index (χ1) is 14.1. The zero-order chi connectivity index (χ0) is 20.6. The van der Waals surface area contributed by atoms with Crippen LogP contribution in [0, 0.1) is 6.92 Å². The predicted molar refractivity (Wildman–Crippen MR) is 114 cm³/mol. The van der Waals surface area contributed by atoms with Gasteiger partial charge in [0.2, 0.25) is 0 Å². The molecular weight excluding hydrogens is 388 g/mol. The van der Waals surface area contributed by atoms with Gasteiger partial charge in [0.15, 0.2) is 18.1 Å². The van der Waals surface area contributed by atoms with Crippen LogP contribution >= 0.6 is 11.3 Å². The number of aryl methyl sites for hydroxylation is 1. The van der Waals surface area contributed by atoms with Crippen LogP contribution in [0.2, 0.25) is 0 Å². The Morgan fingerprint density at radius 3 is 2.55 bits per heavy atom. The van der Waals surface area contributed by atoms with Gasteiger partial charge in [-0.2, -0.15) is 0 Å². The Kier molecular flexibility index (Phi) is 7.52. The van der Waals surface area contributed by atoms with Crippen LogP contribution in [0.1, 0.15) is 46.3 Å². The molecule has 0 radical (unpaired) electrons. The van der Waals surface area contributed by atoms with Crippen molar-refractivity contribution in [2.45, 2.75) is 39.7 Å². The summed E-state index contributed by atoms with van der Waals surface area (Å²) < 4.78 is 11.4. The monoisotopic (exact) mass is 416 g/mol. The molecule has 7 heteroatoms. The molecule has 1 aromatic carbocycles. The predicted octanol–water partition coefficient (Wildman–Crippen LogP) is 3.78. The zero-order valence-corrected chi connectivity index (χ0v) is 17.8. The SMILES string of the molecule is CCOc1cc(C(=O)NCc2ccc(C)s2)ccc1OCC(=O)N1CCCCC1. The summed E-state index contributed by atoms with van der Waals surface area (Å²) in [4.78, 5) is 29.0. The smallest absolute Gasteiger partial charge is 0.260 e. The summed E-state index contributed by atoms with van der Waals surface area (Å²) in [5, 5.41) is 2.92. The van der Waals surface area contributed by atoms with Crippen LogP contribution < -0.4 is 14.8 Å². The van der Waals surface area contributed by atoms with E-state index in [2.05, 4.69) is 5.32 Å². The standard InChI is InChI=1S/C22H28N2O4S/c1-3-27-20-13-17(22(26)23-14-18-9-7-16(2)29-18)8-10-19(20)28-15-21(25)24-11-5-4-6-12-24/h7-10,13H,3-6,11-12,14-15H2,1-2H3,(H,23,26). The minimum atomic E-state index is -0.173. The molecular formula is C22H28N2O4S. The molecule has 29 heavy (non-hydrogen) atoms. The molecule has 3 rings (SSSR count). The third-order valence-corrected chi connectivity index (χ3v) is 5.79. The molecule has 0 saturated carbocycles. The summed E-state index contributed by atoms with van der Waals surface area (Å²) in [5.74, 6) is 0.759. The molecule has 0 unspecified atom stereocenters. The van der Waals surface area contributed by atoms with Crippen molar-refractivity contribution in [1.29, 1.82) is 0 Å². The van der Waals surface area contributed by atoms with Gasteiger partial charge in [-0.1, -0.05) is 0 Å². The van der Waals surface area contributed by atoms with Crippen LogP contribution in [0.25, 0.3) is 0 Å². The van der Waals surface area contributed by atoms with E-state index in [0.29, 0.717) is 30.2 Å². The molecule has 1 aromatic heterocycles. The summed E-state index contributed by atoms with van der Waals surface area (Å²) >= 11 is 1.66. The Labute approximate surface area is 175 Å². The number of carbonyl (C=O) groups excluding carboxylic acids is 2. The number of thiophene rings is 1. The van der Waals surface area contributed by atoms with E-state index in [4.69, 9.17) is 9.47 Å². The first-order valence-electron chi connectivity index (χ1n) is 10.1. The maximum Gasteiger partial charge on any atom is 0.260 e. The summed E-state index contributed by atoms with van der Waals surface area (Å²) in [6.45, 7) is 6.41. The molecule has 2 amide bonds. The number of nitrogens with zero attached hydrogens (tertiary/aromatic N) is 1. The molecule has 0 aliphatic carbocycles.